The van der Waals surface area contributed by atoms with Gasteiger partial charge >= 0.3 is 0 Å². The molecule has 1 aromatic carbocycles. The summed E-state index contributed by atoms with van der Waals surface area (Å²) in [6, 6.07) is 10.0. The Balaban J connectivity index is 1.55. The van der Waals surface area contributed by atoms with E-state index in [-0.39, 0.29) is 5.91 Å². The molecule has 0 bridgehead atoms. The Labute approximate surface area is 153 Å². The first-order chi connectivity index (χ1) is 12.1. The van der Waals surface area contributed by atoms with E-state index in [0.717, 1.165) is 32.5 Å². The highest BCUT2D eigenvalue weighted by Gasteiger charge is 2.14. The van der Waals surface area contributed by atoms with E-state index in [1.807, 2.05) is 60.2 Å². The normalized spacial score (nSPS) is 11.1. The number of carbonyl (C=O) groups excluding carboxylic acids is 1. The molecule has 0 saturated carbocycles. The van der Waals surface area contributed by atoms with E-state index < -0.39 is 0 Å². The van der Waals surface area contributed by atoms with Crippen LogP contribution in [0.2, 0.25) is 0 Å². The van der Waals surface area contributed by atoms with Gasteiger partial charge in [-0.2, -0.15) is 0 Å². The average molecular weight is 368 g/mol. The van der Waals surface area contributed by atoms with Gasteiger partial charge in [0.15, 0.2) is 10.1 Å². The molecule has 0 radical (unpaired) electrons. The van der Waals surface area contributed by atoms with Crippen LogP contribution in [-0.2, 0) is 11.2 Å². The van der Waals surface area contributed by atoms with Crippen molar-refractivity contribution in [3.63, 3.8) is 0 Å². The van der Waals surface area contributed by atoms with Crippen LogP contribution < -0.4 is 5.32 Å². The van der Waals surface area contributed by atoms with Crippen molar-refractivity contribution in [1.82, 2.24) is 14.4 Å². The molecule has 0 aliphatic carbocycles. The maximum atomic E-state index is 12.3. The topological polar surface area (TPSA) is 59.3 Å². The molecule has 4 aromatic rings. The van der Waals surface area contributed by atoms with Gasteiger partial charge in [0.2, 0.25) is 5.91 Å². The summed E-state index contributed by atoms with van der Waals surface area (Å²) >= 11 is 3.04. The first-order valence-electron chi connectivity index (χ1n) is 7.85. The lowest BCUT2D eigenvalue weighted by molar-refractivity contribution is -0.115. The summed E-state index contributed by atoms with van der Waals surface area (Å²) < 4.78 is 1.99. The summed E-state index contributed by atoms with van der Waals surface area (Å²) in [7, 11) is 0. The molecule has 0 fully saturated rings. The zero-order valence-electron chi connectivity index (χ0n) is 13.8. The zero-order chi connectivity index (χ0) is 17.4. The van der Waals surface area contributed by atoms with Gasteiger partial charge in [-0.25, -0.2) is 9.97 Å². The lowest BCUT2D eigenvalue weighted by Crippen LogP contribution is -2.15. The number of benzene rings is 1. The van der Waals surface area contributed by atoms with Crippen molar-refractivity contribution in [3.8, 4) is 11.3 Å². The van der Waals surface area contributed by atoms with Crippen molar-refractivity contribution in [1.29, 1.82) is 0 Å². The summed E-state index contributed by atoms with van der Waals surface area (Å²) in [6.07, 6.45) is 2.28. The smallest absolute Gasteiger partial charge is 0.232 e. The molecule has 0 spiro atoms. The minimum absolute atomic E-state index is 0.0663. The number of fused-ring (bicyclic) bond motifs is 1. The van der Waals surface area contributed by atoms with E-state index in [0.29, 0.717) is 11.6 Å². The van der Waals surface area contributed by atoms with E-state index in [9.17, 15) is 4.79 Å². The maximum absolute atomic E-state index is 12.3. The van der Waals surface area contributed by atoms with Gasteiger partial charge in [-0.05, 0) is 13.8 Å². The largest absolute Gasteiger partial charge is 0.302 e. The lowest BCUT2D eigenvalue weighted by atomic mass is 10.2. The highest BCUT2D eigenvalue weighted by molar-refractivity contribution is 7.16. The second kappa shape index (κ2) is 6.42. The molecule has 7 heteroatoms. The first kappa shape index (κ1) is 16.0. The number of aryl methyl sites for hydroxylation is 2. The number of amides is 1. The molecule has 126 valence electrons. The van der Waals surface area contributed by atoms with Gasteiger partial charge in [0.05, 0.1) is 17.8 Å². The van der Waals surface area contributed by atoms with E-state index >= 15 is 0 Å². The molecule has 3 aromatic heterocycles. The molecule has 5 nitrogen and oxygen atoms in total. The molecule has 0 aliphatic rings. The van der Waals surface area contributed by atoms with Crippen molar-refractivity contribution in [2.45, 2.75) is 20.3 Å². The molecule has 0 unspecified atom stereocenters. The Morgan fingerprint density at radius 1 is 1.20 bits per heavy atom. The quantitative estimate of drug-likeness (QED) is 0.584. The molecular weight excluding hydrogens is 352 g/mol. The minimum atomic E-state index is -0.0663. The number of aromatic nitrogens is 3. The Kier molecular flexibility index (Phi) is 4.10. The third kappa shape index (κ3) is 3.20. The molecule has 1 amide bonds. The monoisotopic (exact) mass is 368 g/mol. The van der Waals surface area contributed by atoms with Crippen molar-refractivity contribution in [2.24, 2.45) is 0 Å². The summed E-state index contributed by atoms with van der Waals surface area (Å²) in [6.45, 7) is 3.95. The maximum Gasteiger partial charge on any atom is 0.232 e. The fourth-order valence-corrected chi connectivity index (χ4v) is 4.26. The number of nitrogens with zero attached hydrogens (tertiary/aromatic N) is 3. The summed E-state index contributed by atoms with van der Waals surface area (Å²) in [5.41, 5.74) is 3.88. The van der Waals surface area contributed by atoms with Gasteiger partial charge in [0.1, 0.15) is 0 Å². The molecule has 0 aliphatic heterocycles. The summed E-state index contributed by atoms with van der Waals surface area (Å²) in [5, 5.41) is 5.52. The number of thiazole rings is 2. The van der Waals surface area contributed by atoms with Crippen LogP contribution in [0.25, 0.3) is 16.2 Å². The molecule has 1 N–H and O–H groups in total. The summed E-state index contributed by atoms with van der Waals surface area (Å²) in [5.74, 6) is -0.0663. The highest BCUT2D eigenvalue weighted by Crippen LogP contribution is 2.25. The van der Waals surface area contributed by atoms with E-state index in [1.165, 1.54) is 11.3 Å². The average Bonchev–Trinajstić information content (AvgIpc) is 3.25. The van der Waals surface area contributed by atoms with Crippen LogP contribution in [0, 0.1) is 13.8 Å². The van der Waals surface area contributed by atoms with Gasteiger partial charge in [0.25, 0.3) is 0 Å². The van der Waals surface area contributed by atoms with Gasteiger partial charge in [-0.15, -0.1) is 22.7 Å². The van der Waals surface area contributed by atoms with E-state index in [4.69, 9.17) is 0 Å². The van der Waals surface area contributed by atoms with Crippen LogP contribution in [-0.4, -0.2) is 20.3 Å². The summed E-state index contributed by atoms with van der Waals surface area (Å²) in [4.78, 5) is 23.4. The number of carbonyl (C=O) groups is 1. The molecule has 3 heterocycles. The number of anilines is 1. The third-order valence-electron chi connectivity index (χ3n) is 3.97. The van der Waals surface area contributed by atoms with Gasteiger partial charge < -0.3 is 5.32 Å². The Hall–Kier alpha value is -2.51. The molecular formula is C18H16N4OS2. The SMILES string of the molecule is Cc1nc(NC(=O)Cc2csc3nc(-c4ccccc4)cn23)sc1C. The predicted octanol–water partition coefficient (Wildman–Crippen LogP) is 4.32. The predicted molar refractivity (Wildman–Crippen MR) is 102 cm³/mol. The lowest BCUT2D eigenvalue weighted by Gasteiger charge is -2.01. The van der Waals surface area contributed by atoms with Crippen molar-refractivity contribution >= 4 is 38.7 Å². The molecule has 25 heavy (non-hydrogen) atoms. The van der Waals surface area contributed by atoms with Crippen molar-refractivity contribution in [2.75, 3.05) is 5.32 Å². The zero-order valence-corrected chi connectivity index (χ0v) is 15.4. The van der Waals surface area contributed by atoms with Gasteiger partial charge in [0, 0.05) is 27.7 Å². The van der Waals surface area contributed by atoms with Crippen LogP contribution in [0.4, 0.5) is 5.13 Å². The van der Waals surface area contributed by atoms with Crippen LogP contribution in [0.5, 0.6) is 0 Å². The van der Waals surface area contributed by atoms with E-state index in [2.05, 4.69) is 15.3 Å². The fourth-order valence-electron chi connectivity index (χ4n) is 2.56. The molecule has 0 atom stereocenters. The van der Waals surface area contributed by atoms with Crippen LogP contribution in [0.1, 0.15) is 16.3 Å². The van der Waals surface area contributed by atoms with Crippen LogP contribution in [0.15, 0.2) is 41.9 Å². The second-order valence-electron chi connectivity index (χ2n) is 5.76. The van der Waals surface area contributed by atoms with Gasteiger partial charge in [-0.1, -0.05) is 30.3 Å². The van der Waals surface area contributed by atoms with E-state index in [1.54, 1.807) is 11.3 Å². The number of rotatable bonds is 4. The molecule has 0 saturated heterocycles. The fraction of sp³-hybridized carbons (Fsp3) is 0.167. The minimum Gasteiger partial charge on any atom is -0.302 e. The Morgan fingerprint density at radius 3 is 2.72 bits per heavy atom. The van der Waals surface area contributed by atoms with Crippen molar-refractivity contribution in [3.05, 3.63) is 58.2 Å². The van der Waals surface area contributed by atoms with Crippen LogP contribution in [0.3, 0.4) is 0 Å². The van der Waals surface area contributed by atoms with Gasteiger partial charge in [-0.3, -0.25) is 9.20 Å². The second-order valence-corrected chi connectivity index (χ2v) is 7.80. The molecule has 4 rings (SSSR count). The number of nitrogens with one attached hydrogen (secondary N) is 1. The first-order valence-corrected chi connectivity index (χ1v) is 9.54. The third-order valence-corrected chi connectivity index (χ3v) is 5.85. The Bertz CT molecular complexity index is 1030. The standard InChI is InChI=1S/C18H16N4OS2/c1-11-12(2)25-17(19-11)21-16(23)8-14-10-24-18-20-15(9-22(14)18)13-6-4-3-5-7-13/h3-7,9-10H,8H2,1-2H3,(H,19,21,23). The number of imidazole rings is 1. The number of hydrogen-bond acceptors (Lipinski definition) is 5. The Morgan fingerprint density at radius 2 is 2.00 bits per heavy atom. The van der Waals surface area contributed by atoms with Crippen molar-refractivity contribution < 1.29 is 4.79 Å². The highest BCUT2D eigenvalue weighted by atomic mass is 32.1. The number of hydrogen-bond donors (Lipinski definition) is 1. The van der Waals surface area contributed by atoms with Crippen LogP contribution >= 0.6 is 22.7 Å².